The number of hydrogen-bond acceptors (Lipinski definition) is 5. The molecular weight excluding hydrogens is 546 g/mol. The fourth-order valence-electron chi connectivity index (χ4n) is 3.34. The van der Waals surface area contributed by atoms with E-state index in [1.165, 1.54) is 56.6 Å². The fraction of sp³-hybridized carbons (Fsp3) is 0.200. The highest BCUT2D eigenvalue weighted by Crippen LogP contribution is 2.48. The van der Waals surface area contributed by atoms with Crippen LogP contribution in [-0.2, 0) is 24.6 Å². The molecular formula is C20H21Cl2N2O7PS2. The second-order valence-corrected chi connectivity index (χ2v) is 14.3. The lowest BCUT2D eigenvalue weighted by atomic mass is 10.1. The van der Waals surface area contributed by atoms with E-state index in [4.69, 9.17) is 23.2 Å². The number of halogens is 2. The van der Waals surface area contributed by atoms with E-state index in [1.54, 1.807) is 0 Å². The minimum absolute atomic E-state index is 0.00661. The first-order chi connectivity index (χ1) is 15.6. The molecule has 1 unspecified atom stereocenters. The van der Waals surface area contributed by atoms with E-state index in [0.717, 1.165) is 23.4 Å². The number of rotatable bonds is 7. The Hall–Kier alpha value is -1.69. The van der Waals surface area contributed by atoms with E-state index in [9.17, 15) is 31.2 Å². The average molecular weight is 567 g/mol. The Morgan fingerprint density at radius 3 is 1.91 bits per heavy atom. The molecule has 14 heteroatoms. The van der Waals surface area contributed by atoms with Crippen molar-refractivity contribution in [2.24, 2.45) is 0 Å². The van der Waals surface area contributed by atoms with Crippen molar-refractivity contribution in [3.8, 4) is 0 Å². The molecule has 9 nitrogen and oxygen atoms in total. The molecule has 0 aromatic heterocycles. The molecule has 2 N–H and O–H groups in total. The number of anilines is 1. The molecule has 0 spiro atoms. The van der Waals surface area contributed by atoms with Gasteiger partial charge in [-0.25, -0.2) is 21.1 Å². The average Bonchev–Trinajstić information content (AvgIpc) is 2.72. The lowest BCUT2D eigenvalue weighted by molar-refractivity contribution is 0.361. The number of hydrogen-bond donors (Lipinski definition) is 2. The molecule has 0 saturated carbocycles. The lowest BCUT2D eigenvalue weighted by Gasteiger charge is -2.32. The van der Waals surface area contributed by atoms with Gasteiger partial charge in [0, 0.05) is 34.9 Å². The van der Waals surface area contributed by atoms with Gasteiger partial charge in [0.25, 0.3) is 10.0 Å². The van der Waals surface area contributed by atoms with Gasteiger partial charge in [0.2, 0.25) is 10.0 Å². The van der Waals surface area contributed by atoms with E-state index < -0.39 is 33.4 Å². The van der Waals surface area contributed by atoms with Crippen LogP contribution in [0.15, 0.2) is 64.4 Å². The summed E-state index contributed by atoms with van der Waals surface area (Å²) in [5.41, 5.74) is -0.125. The molecule has 0 bridgehead atoms. The second kappa shape index (κ2) is 9.40. The van der Waals surface area contributed by atoms with Gasteiger partial charge < -0.3 is 9.79 Å². The molecule has 0 radical (unpaired) electrons. The third-order valence-corrected chi connectivity index (χ3v) is 10.6. The van der Waals surface area contributed by atoms with Gasteiger partial charge in [-0.15, -0.1) is 0 Å². The summed E-state index contributed by atoms with van der Waals surface area (Å²) >= 11 is 12.0. The lowest BCUT2D eigenvalue weighted by Crippen LogP contribution is -2.39. The highest BCUT2D eigenvalue weighted by molar-refractivity contribution is 7.93. The number of fused-ring (bicyclic) bond motifs is 1. The van der Waals surface area contributed by atoms with Gasteiger partial charge in [-0.1, -0.05) is 47.5 Å². The molecule has 3 aromatic carbocycles. The molecule has 34 heavy (non-hydrogen) atoms. The molecule has 3 rings (SSSR count). The Balaban J connectivity index is 2.41. The normalized spacial score (nSPS) is 13.9. The van der Waals surface area contributed by atoms with E-state index in [2.05, 4.69) is 0 Å². The topological polar surface area (TPSA) is 132 Å². The van der Waals surface area contributed by atoms with Crippen LogP contribution in [0.25, 0.3) is 10.8 Å². The summed E-state index contributed by atoms with van der Waals surface area (Å²) in [5, 5.41) is 0.345. The number of benzene rings is 3. The molecule has 0 amide bonds. The van der Waals surface area contributed by atoms with Crippen molar-refractivity contribution < 1.29 is 31.2 Å². The van der Waals surface area contributed by atoms with Crippen molar-refractivity contribution in [3.63, 3.8) is 0 Å². The number of sulfonamides is 2. The van der Waals surface area contributed by atoms with Gasteiger partial charge in [0.15, 0.2) is 0 Å². The Morgan fingerprint density at radius 1 is 0.853 bits per heavy atom. The van der Waals surface area contributed by atoms with E-state index in [0.29, 0.717) is 4.31 Å². The zero-order valence-electron chi connectivity index (χ0n) is 18.1. The SMILES string of the molecule is CC(N(c1cccc2c(S(=O)(=O)N(C)C)cccc12)S(=O)(=O)c1cc(Cl)cc(Cl)c1)P(=O)(O)O. The maximum absolute atomic E-state index is 13.7. The van der Waals surface area contributed by atoms with Crippen LogP contribution >= 0.6 is 30.8 Å². The van der Waals surface area contributed by atoms with Crippen LogP contribution < -0.4 is 4.31 Å². The summed E-state index contributed by atoms with van der Waals surface area (Å²) in [4.78, 5) is 19.3. The van der Waals surface area contributed by atoms with Crippen molar-refractivity contribution in [1.82, 2.24) is 4.31 Å². The smallest absolute Gasteiger partial charge is 0.323 e. The molecule has 0 heterocycles. The van der Waals surface area contributed by atoms with Crippen LogP contribution in [-0.4, -0.2) is 50.8 Å². The molecule has 1 atom stereocenters. The molecule has 0 aliphatic carbocycles. The van der Waals surface area contributed by atoms with Crippen LogP contribution in [0.3, 0.4) is 0 Å². The largest absolute Gasteiger partial charge is 0.348 e. The summed E-state index contributed by atoms with van der Waals surface area (Å²) in [5.74, 6) is -1.84. The van der Waals surface area contributed by atoms with Crippen molar-refractivity contribution in [2.45, 2.75) is 22.5 Å². The Labute approximate surface area is 207 Å². The summed E-state index contributed by atoms with van der Waals surface area (Å²) in [7, 11) is -10.8. The zero-order valence-corrected chi connectivity index (χ0v) is 22.2. The quantitative estimate of drug-likeness (QED) is 0.411. The molecule has 0 fully saturated rings. The molecule has 3 aromatic rings. The van der Waals surface area contributed by atoms with Crippen LogP contribution in [0.1, 0.15) is 6.92 Å². The number of nitrogens with zero attached hydrogens (tertiary/aromatic N) is 2. The van der Waals surface area contributed by atoms with Crippen LogP contribution in [0, 0.1) is 0 Å². The molecule has 184 valence electrons. The zero-order chi connectivity index (χ0) is 25.6. The molecule has 0 aliphatic heterocycles. The van der Waals surface area contributed by atoms with E-state index >= 15 is 0 Å². The van der Waals surface area contributed by atoms with Gasteiger partial charge in [0.1, 0.15) is 5.78 Å². The predicted octanol–water partition coefficient (Wildman–Crippen LogP) is 4.12. The van der Waals surface area contributed by atoms with Gasteiger partial charge in [-0.05, 0) is 37.3 Å². The van der Waals surface area contributed by atoms with Crippen LogP contribution in [0.2, 0.25) is 10.0 Å². The van der Waals surface area contributed by atoms with Crippen LogP contribution in [0.5, 0.6) is 0 Å². The predicted molar refractivity (Wildman–Crippen MR) is 132 cm³/mol. The fourth-order valence-corrected chi connectivity index (χ4v) is 7.83. The summed E-state index contributed by atoms with van der Waals surface area (Å²) in [6.07, 6.45) is 0. The minimum Gasteiger partial charge on any atom is -0.323 e. The first-order valence-corrected chi connectivity index (χ1v) is 14.9. The van der Waals surface area contributed by atoms with Gasteiger partial charge in [-0.3, -0.25) is 8.87 Å². The maximum Gasteiger partial charge on any atom is 0.348 e. The van der Waals surface area contributed by atoms with Gasteiger partial charge in [0.05, 0.1) is 15.5 Å². The Bertz CT molecular complexity index is 1500. The highest BCUT2D eigenvalue weighted by atomic mass is 35.5. The molecule has 0 saturated heterocycles. The Kier molecular flexibility index (Phi) is 7.44. The third-order valence-electron chi connectivity index (χ3n) is 5.07. The summed E-state index contributed by atoms with van der Waals surface area (Å²) in [6, 6.07) is 12.0. The monoisotopic (exact) mass is 566 g/mol. The third kappa shape index (κ3) is 4.98. The van der Waals surface area contributed by atoms with Crippen LogP contribution in [0.4, 0.5) is 5.69 Å². The summed E-state index contributed by atoms with van der Waals surface area (Å²) in [6.45, 7) is 1.06. The molecule has 0 aliphatic rings. The van der Waals surface area contributed by atoms with E-state index in [1.807, 2.05) is 0 Å². The maximum atomic E-state index is 13.7. The standard InChI is InChI=1S/C20H21Cl2N2O7PS2/c1-13(32(25,26)27)24(33(28,29)16-11-14(21)10-15(22)12-16)19-8-4-7-18-17(19)6-5-9-20(18)34(30,31)23(2)3/h4-13H,1-3H3,(H2,25,26,27). The second-order valence-electron chi connectivity index (χ2n) is 7.54. The van der Waals surface area contributed by atoms with E-state index in [-0.39, 0.29) is 36.3 Å². The van der Waals surface area contributed by atoms with Crippen molar-refractivity contribution in [2.75, 3.05) is 18.4 Å². The first-order valence-electron chi connectivity index (χ1n) is 9.58. The van der Waals surface area contributed by atoms with Crippen molar-refractivity contribution in [3.05, 3.63) is 64.6 Å². The van der Waals surface area contributed by atoms with Crippen molar-refractivity contribution >= 4 is 67.3 Å². The minimum atomic E-state index is -5.00. The highest BCUT2D eigenvalue weighted by Gasteiger charge is 2.40. The van der Waals surface area contributed by atoms with Gasteiger partial charge >= 0.3 is 7.60 Å². The van der Waals surface area contributed by atoms with Crippen molar-refractivity contribution in [1.29, 1.82) is 0 Å². The Morgan fingerprint density at radius 2 is 1.38 bits per heavy atom. The first kappa shape index (κ1) is 26.9. The van der Waals surface area contributed by atoms with Gasteiger partial charge in [-0.2, -0.15) is 0 Å². The summed E-state index contributed by atoms with van der Waals surface area (Å²) < 4.78 is 66.9.